The maximum atomic E-state index is 5.33. The molecule has 0 aliphatic carbocycles. The van der Waals surface area contributed by atoms with Crippen molar-refractivity contribution in [2.75, 3.05) is 26.1 Å². The van der Waals surface area contributed by atoms with Gasteiger partial charge in [0.1, 0.15) is 11.5 Å². The lowest BCUT2D eigenvalue weighted by molar-refractivity contribution is 0.243. The second-order valence-electron chi connectivity index (χ2n) is 7.34. The molecule has 29 heavy (non-hydrogen) atoms. The summed E-state index contributed by atoms with van der Waals surface area (Å²) in [6, 6.07) is 14.4. The molecule has 3 aromatic rings. The zero-order chi connectivity index (χ0) is 20.2. The molecule has 4 rings (SSSR count). The lowest BCUT2D eigenvalue weighted by Gasteiger charge is -2.28. The Morgan fingerprint density at radius 3 is 2.45 bits per heavy atom. The molecule has 150 valence electrons. The van der Waals surface area contributed by atoms with Gasteiger partial charge in [-0.1, -0.05) is 29.8 Å². The van der Waals surface area contributed by atoms with E-state index in [4.69, 9.17) is 14.5 Å². The molecule has 0 unspecified atom stereocenters. The summed E-state index contributed by atoms with van der Waals surface area (Å²) in [5.41, 5.74) is 5.76. The number of methoxy groups -OCH3 is 2. The van der Waals surface area contributed by atoms with Crippen molar-refractivity contribution < 1.29 is 9.47 Å². The van der Waals surface area contributed by atoms with Gasteiger partial charge in [-0.25, -0.2) is 9.97 Å². The standard InChI is InChI=1S/C23H26N4O2/c1-16-4-6-17(7-5-16)14-27-9-8-22-18(15-27)13-24-23(26-22)25-19-10-20(28-2)12-21(11-19)29-3/h4-7,10-13H,8-9,14-15H2,1-3H3,(H,24,25,26). The number of anilines is 2. The van der Waals surface area contributed by atoms with Crippen molar-refractivity contribution in [3.05, 3.63) is 71.0 Å². The molecule has 0 spiro atoms. The molecule has 6 heteroatoms. The van der Waals surface area contributed by atoms with Crippen molar-refractivity contribution in [3.63, 3.8) is 0 Å². The van der Waals surface area contributed by atoms with Crippen LogP contribution in [0.4, 0.5) is 11.6 Å². The number of aromatic nitrogens is 2. The average Bonchev–Trinajstić information content (AvgIpc) is 2.75. The highest BCUT2D eigenvalue weighted by Crippen LogP contribution is 2.28. The molecule has 1 aromatic heterocycles. The Balaban J connectivity index is 1.45. The maximum absolute atomic E-state index is 5.33. The summed E-state index contributed by atoms with van der Waals surface area (Å²) in [6.45, 7) is 4.93. The molecule has 0 amide bonds. The molecular formula is C23H26N4O2. The van der Waals surface area contributed by atoms with Crippen LogP contribution in [0, 0.1) is 6.92 Å². The fourth-order valence-corrected chi connectivity index (χ4v) is 3.53. The number of ether oxygens (including phenoxy) is 2. The molecule has 0 bridgehead atoms. The summed E-state index contributed by atoms with van der Waals surface area (Å²) in [7, 11) is 3.27. The lowest BCUT2D eigenvalue weighted by Crippen LogP contribution is -2.31. The first-order chi connectivity index (χ1) is 14.1. The molecule has 2 heterocycles. The van der Waals surface area contributed by atoms with Crippen molar-refractivity contribution in [2.45, 2.75) is 26.4 Å². The van der Waals surface area contributed by atoms with E-state index in [9.17, 15) is 0 Å². The maximum Gasteiger partial charge on any atom is 0.227 e. The number of nitrogens with one attached hydrogen (secondary N) is 1. The van der Waals surface area contributed by atoms with E-state index in [1.54, 1.807) is 14.2 Å². The predicted octanol–water partition coefficient (Wildman–Crippen LogP) is 4.10. The number of fused-ring (bicyclic) bond motifs is 1. The Morgan fingerprint density at radius 2 is 1.76 bits per heavy atom. The van der Waals surface area contributed by atoms with Gasteiger partial charge in [0.25, 0.3) is 0 Å². The molecule has 6 nitrogen and oxygen atoms in total. The van der Waals surface area contributed by atoms with Gasteiger partial charge in [-0.2, -0.15) is 0 Å². The van der Waals surface area contributed by atoms with Gasteiger partial charge in [0, 0.05) is 61.7 Å². The Labute approximate surface area is 171 Å². The first-order valence-electron chi connectivity index (χ1n) is 9.76. The van der Waals surface area contributed by atoms with E-state index in [-0.39, 0.29) is 0 Å². The van der Waals surface area contributed by atoms with Crippen LogP contribution in [0.1, 0.15) is 22.4 Å². The van der Waals surface area contributed by atoms with E-state index < -0.39 is 0 Å². The van der Waals surface area contributed by atoms with Gasteiger partial charge in [0.2, 0.25) is 5.95 Å². The van der Waals surface area contributed by atoms with Crippen LogP contribution < -0.4 is 14.8 Å². The lowest BCUT2D eigenvalue weighted by atomic mass is 10.1. The number of rotatable bonds is 6. The highest BCUT2D eigenvalue weighted by Gasteiger charge is 2.18. The third-order valence-corrected chi connectivity index (χ3v) is 5.15. The number of hydrogen-bond acceptors (Lipinski definition) is 6. The zero-order valence-electron chi connectivity index (χ0n) is 17.1. The first kappa shape index (κ1) is 19.2. The van der Waals surface area contributed by atoms with Gasteiger partial charge in [0.05, 0.1) is 19.9 Å². The minimum Gasteiger partial charge on any atom is -0.497 e. The van der Waals surface area contributed by atoms with E-state index in [1.807, 2.05) is 24.4 Å². The van der Waals surface area contributed by atoms with Gasteiger partial charge in [0.15, 0.2) is 0 Å². The monoisotopic (exact) mass is 390 g/mol. The molecule has 0 radical (unpaired) electrons. The van der Waals surface area contributed by atoms with Crippen LogP contribution in [0.3, 0.4) is 0 Å². The number of hydrogen-bond donors (Lipinski definition) is 1. The predicted molar refractivity (Wildman–Crippen MR) is 114 cm³/mol. The molecular weight excluding hydrogens is 364 g/mol. The Bertz CT molecular complexity index is 966. The van der Waals surface area contributed by atoms with Gasteiger partial charge in [-0.3, -0.25) is 4.90 Å². The molecule has 1 N–H and O–H groups in total. The van der Waals surface area contributed by atoms with Crippen molar-refractivity contribution in [1.82, 2.24) is 14.9 Å². The second-order valence-corrected chi connectivity index (χ2v) is 7.34. The van der Waals surface area contributed by atoms with Crippen LogP contribution in [0.25, 0.3) is 0 Å². The Hall–Kier alpha value is -3.12. The summed E-state index contributed by atoms with van der Waals surface area (Å²) in [5.74, 6) is 2.03. The van der Waals surface area contributed by atoms with Crippen molar-refractivity contribution in [2.24, 2.45) is 0 Å². The molecule has 0 saturated carbocycles. The van der Waals surface area contributed by atoms with Crippen molar-refractivity contribution in [3.8, 4) is 11.5 Å². The quantitative estimate of drug-likeness (QED) is 0.684. The van der Waals surface area contributed by atoms with Gasteiger partial charge in [-0.15, -0.1) is 0 Å². The molecule has 0 saturated heterocycles. The average molecular weight is 390 g/mol. The van der Waals surface area contributed by atoms with Crippen LogP contribution in [-0.2, 0) is 19.5 Å². The van der Waals surface area contributed by atoms with E-state index in [0.717, 1.165) is 48.9 Å². The Morgan fingerprint density at radius 1 is 1.03 bits per heavy atom. The van der Waals surface area contributed by atoms with Crippen LogP contribution in [0.2, 0.25) is 0 Å². The summed E-state index contributed by atoms with van der Waals surface area (Å²) < 4.78 is 10.7. The summed E-state index contributed by atoms with van der Waals surface area (Å²) >= 11 is 0. The fourth-order valence-electron chi connectivity index (χ4n) is 3.53. The molecule has 1 aliphatic rings. The number of nitrogens with zero attached hydrogens (tertiary/aromatic N) is 3. The third-order valence-electron chi connectivity index (χ3n) is 5.15. The molecule has 1 aliphatic heterocycles. The highest BCUT2D eigenvalue weighted by molar-refractivity contribution is 5.59. The molecule has 0 atom stereocenters. The van der Waals surface area contributed by atoms with Crippen LogP contribution in [0.5, 0.6) is 11.5 Å². The van der Waals surface area contributed by atoms with Crippen LogP contribution in [-0.4, -0.2) is 35.6 Å². The zero-order valence-corrected chi connectivity index (χ0v) is 17.1. The molecule has 0 fully saturated rings. The Kier molecular flexibility index (Phi) is 5.62. The fraction of sp³-hybridized carbons (Fsp3) is 0.304. The summed E-state index contributed by atoms with van der Waals surface area (Å²) in [5, 5.41) is 3.26. The first-order valence-corrected chi connectivity index (χ1v) is 9.76. The minimum atomic E-state index is 0.589. The summed E-state index contributed by atoms with van der Waals surface area (Å²) in [4.78, 5) is 11.7. The van der Waals surface area contributed by atoms with E-state index in [0.29, 0.717) is 5.95 Å². The molecule has 2 aromatic carbocycles. The van der Waals surface area contributed by atoms with Gasteiger partial charge >= 0.3 is 0 Å². The largest absolute Gasteiger partial charge is 0.497 e. The second kappa shape index (κ2) is 8.49. The van der Waals surface area contributed by atoms with Gasteiger partial charge in [-0.05, 0) is 12.5 Å². The highest BCUT2D eigenvalue weighted by atomic mass is 16.5. The normalized spacial score (nSPS) is 13.6. The topological polar surface area (TPSA) is 59.5 Å². The van der Waals surface area contributed by atoms with Gasteiger partial charge < -0.3 is 14.8 Å². The van der Waals surface area contributed by atoms with Crippen LogP contribution in [0.15, 0.2) is 48.7 Å². The SMILES string of the molecule is COc1cc(Nc2ncc3c(n2)CCN(Cc2ccc(C)cc2)C3)cc(OC)c1. The van der Waals surface area contributed by atoms with E-state index >= 15 is 0 Å². The summed E-state index contributed by atoms with van der Waals surface area (Å²) in [6.07, 6.45) is 2.85. The van der Waals surface area contributed by atoms with Crippen LogP contribution >= 0.6 is 0 Å². The van der Waals surface area contributed by atoms with Crippen molar-refractivity contribution >= 4 is 11.6 Å². The van der Waals surface area contributed by atoms with E-state index in [1.165, 1.54) is 16.7 Å². The number of aryl methyl sites for hydroxylation is 1. The third kappa shape index (κ3) is 4.66. The number of benzene rings is 2. The van der Waals surface area contributed by atoms with E-state index in [2.05, 4.69) is 46.4 Å². The van der Waals surface area contributed by atoms with Crippen molar-refractivity contribution in [1.29, 1.82) is 0 Å². The minimum absolute atomic E-state index is 0.589. The smallest absolute Gasteiger partial charge is 0.227 e.